The van der Waals surface area contributed by atoms with Gasteiger partial charge >= 0.3 is 0 Å². The number of benzene rings is 1. The van der Waals surface area contributed by atoms with Crippen molar-refractivity contribution in [3.63, 3.8) is 0 Å². The molecule has 1 heterocycles. The highest BCUT2D eigenvalue weighted by Crippen LogP contribution is 2.04. The van der Waals surface area contributed by atoms with Gasteiger partial charge in [0.05, 0.1) is 12.7 Å². The second-order valence-electron chi connectivity index (χ2n) is 4.48. The summed E-state index contributed by atoms with van der Waals surface area (Å²) in [6.07, 6.45) is 2.29. The van der Waals surface area contributed by atoms with E-state index in [2.05, 4.69) is 10.9 Å². The third-order valence-electron chi connectivity index (χ3n) is 2.80. The molecule has 0 unspecified atom stereocenters. The van der Waals surface area contributed by atoms with Gasteiger partial charge in [0.25, 0.3) is 0 Å². The van der Waals surface area contributed by atoms with E-state index in [1.807, 2.05) is 0 Å². The number of hydrazine groups is 1. The van der Waals surface area contributed by atoms with Crippen molar-refractivity contribution in [2.45, 2.75) is 19.3 Å². The fourth-order valence-corrected chi connectivity index (χ4v) is 1.73. The predicted molar refractivity (Wildman–Crippen MR) is 73.4 cm³/mol. The molecule has 0 aliphatic carbocycles. The molecule has 2 aromatic rings. The normalized spacial score (nSPS) is 10.1. The van der Waals surface area contributed by atoms with Gasteiger partial charge in [-0.3, -0.25) is 20.4 Å². The molecule has 0 saturated heterocycles. The lowest BCUT2D eigenvalue weighted by atomic mass is 10.1. The topological polar surface area (TPSA) is 71.3 Å². The molecule has 0 fully saturated rings. The molecule has 110 valence electrons. The van der Waals surface area contributed by atoms with E-state index in [9.17, 15) is 14.0 Å². The zero-order valence-electron chi connectivity index (χ0n) is 11.3. The first-order chi connectivity index (χ1) is 10.1. The number of furan rings is 1. The molecule has 6 heteroatoms. The molecule has 0 bridgehead atoms. The lowest BCUT2D eigenvalue weighted by molar-refractivity contribution is -0.128. The summed E-state index contributed by atoms with van der Waals surface area (Å²) in [6.45, 7) is 0. The number of amides is 2. The summed E-state index contributed by atoms with van der Waals surface area (Å²) in [5.74, 6) is -0.319. The highest BCUT2D eigenvalue weighted by Gasteiger charge is 2.07. The fourth-order valence-electron chi connectivity index (χ4n) is 1.73. The molecule has 0 saturated carbocycles. The van der Waals surface area contributed by atoms with Gasteiger partial charge in [0.2, 0.25) is 11.8 Å². The van der Waals surface area contributed by atoms with Crippen LogP contribution in [0.3, 0.4) is 0 Å². The van der Waals surface area contributed by atoms with Crippen molar-refractivity contribution in [1.29, 1.82) is 0 Å². The Morgan fingerprint density at radius 3 is 2.43 bits per heavy atom. The second-order valence-corrected chi connectivity index (χ2v) is 4.48. The Balaban J connectivity index is 1.68. The van der Waals surface area contributed by atoms with Crippen molar-refractivity contribution >= 4 is 11.8 Å². The molecule has 0 aliphatic heterocycles. The van der Waals surface area contributed by atoms with Gasteiger partial charge in [-0.15, -0.1) is 0 Å². The number of nitrogens with one attached hydrogen (secondary N) is 2. The largest absolute Gasteiger partial charge is 0.469 e. The lowest BCUT2D eigenvalue weighted by Gasteiger charge is -2.07. The van der Waals surface area contributed by atoms with Gasteiger partial charge in [0.15, 0.2) is 0 Å². The number of hydrogen-bond acceptors (Lipinski definition) is 3. The van der Waals surface area contributed by atoms with Crippen molar-refractivity contribution in [2.75, 3.05) is 0 Å². The maximum absolute atomic E-state index is 12.7. The highest BCUT2D eigenvalue weighted by molar-refractivity contribution is 5.83. The van der Waals surface area contributed by atoms with Gasteiger partial charge in [-0.25, -0.2) is 4.39 Å². The Morgan fingerprint density at radius 1 is 1.05 bits per heavy atom. The zero-order chi connectivity index (χ0) is 15.1. The summed E-state index contributed by atoms with van der Waals surface area (Å²) in [4.78, 5) is 23.1. The van der Waals surface area contributed by atoms with Crippen LogP contribution in [0.4, 0.5) is 4.39 Å². The standard InChI is InChI=1S/C15H15FN2O3/c16-12-5-3-11(4-6-12)10-15(20)18-17-14(19)8-7-13-2-1-9-21-13/h1-6,9H,7-8,10H2,(H,17,19)(H,18,20). The fraction of sp³-hybridized carbons (Fsp3) is 0.200. The van der Waals surface area contributed by atoms with E-state index in [1.165, 1.54) is 30.5 Å². The Morgan fingerprint density at radius 2 is 1.76 bits per heavy atom. The minimum absolute atomic E-state index is 0.0682. The van der Waals surface area contributed by atoms with Crippen molar-refractivity contribution in [3.05, 3.63) is 59.8 Å². The van der Waals surface area contributed by atoms with E-state index in [4.69, 9.17) is 4.42 Å². The Labute approximate surface area is 121 Å². The zero-order valence-corrected chi connectivity index (χ0v) is 11.3. The minimum Gasteiger partial charge on any atom is -0.469 e. The van der Waals surface area contributed by atoms with Crippen LogP contribution in [0.2, 0.25) is 0 Å². The van der Waals surface area contributed by atoms with Crippen LogP contribution < -0.4 is 10.9 Å². The maximum Gasteiger partial charge on any atom is 0.242 e. The molecule has 1 aromatic carbocycles. The van der Waals surface area contributed by atoms with E-state index >= 15 is 0 Å². The monoisotopic (exact) mass is 290 g/mol. The van der Waals surface area contributed by atoms with Crippen LogP contribution in [0.1, 0.15) is 17.7 Å². The smallest absolute Gasteiger partial charge is 0.242 e. The van der Waals surface area contributed by atoms with Crippen LogP contribution in [0.25, 0.3) is 0 Å². The third-order valence-corrected chi connectivity index (χ3v) is 2.80. The molecule has 2 amide bonds. The quantitative estimate of drug-likeness (QED) is 0.824. The van der Waals surface area contributed by atoms with Crippen LogP contribution in [-0.2, 0) is 22.4 Å². The first-order valence-electron chi connectivity index (χ1n) is 6.48. The third kappa shape index (κ3) is 5.10. The molecule has 2 N–H and O–H groups in total. The average Bonchev–Trinajstić information content (AvgIpc) is 2.99. The van der Waals surface area contributed by atoms with Crippen LogP contribution in [0.5, 0.6) is 0 Å². The van der Waals surface area contributed by atoms with E-state index in [0.717, 1.165) is 0 Å². The summed E-state index contributed by atoms with van der Waals surface area (Å²) < 4.78 is 17.8. The molecule has 1 aromatic heterocycles. The van der Waals surface area contributed by atoms with Crippen molar-refractivity contribution < 1.29 is 18.4 Å². The van der Waals surface area contributed by atoms with Gasteiger partial charge in [-0.1, -0.05) is 12.1 Å². The molecule has 21 heavy (non-hydrogen) atoms. The molecule has 0 atom stereocenters. The molecular weight excluding hydrogens is 275 g/mol. The van der Waals surface area contributed by atoms with E-state index in [-0.39, 0.29) is 30.5 Å². The van der Waals surface area contributed by atoms with Gasteiger partial charge < -0.3 is 4.42 Å². The Bertz CT molecular complexity index is 594. The lowest BCUT2D eigenvalue weighted by Crippen LogP contribution is -2.42. The summed E-state index contributed by atoms with van der Waals surface area (Å²) in [7, 11) is 0. The van der Waals surface area contributed by atoms with Crippen molar-refractivity contribution in [3.8, 4) is 0 Å². The van der Waals surface area contributed by atoms with Crippen LogP contribution in [0.15, 0.2) is 47.1 Å². The highest BCUT2D eigenvalue weighted by atomic mass is 19.1. The maximum atomic E-state index is 12.7. The summed E-state index contributed by atoms with van der Waals surface area (Å²) in [5.41, 5.74) is 5.30. The average molecular weight is 290 g/mol. The van der Waals surface area contributed by atoms with Crippen LogP contribution in [-0.4, -0.2) is 11.8 Å². The first kappa shape index (κ1) is 14.8. The molecule has 5 nitrogen and oxygen atoms in total. The molecule has 0 spiro atoms. The number of carbonyl (C=O) groups excluding carboxylic acids is 2. The van der Waals surface area contributed by atoms with E-state index in [1.54, 1.807) is 12.1 Å². The summed E-state index contributed by atoms with van der Waals surface area (Å²) in [6, 6.07) is 9.13. The summed E-state index contributed by atoms with van der Waals surface area (Å²) in [5, 5.41) is 0. The number of carbonyl (C=O) groups is 2. The minimum atomic E-state index is -0.368. The molecular formula is C15H15FN2O3. The molecule has 2 rings (SSSR count). The Hall–Kier alpha value is -2.63. The molecule has 0 aliphatic rings. The molecule has 0 radical (unpaired) electrons. The number of rotatable bonds is 5. The van der Waals surface area contributed by atoms with Crippen LogP contribution in [0, 0.1) is 5.82 Å². The van der Waals surface area contributed by atoms with Crippen LogP contribution >= 0.6 is 0 Å². The predicted octanol–water partition coefficient (Wildman–Crippen LogP) is 1.74. The van der Waals surface area contributed by atoms with Crippen molar-refractivity contribution in [2.24, 2.45) is 0 Å². The summed E-state index contributed by atoms with van der Waals surface area (Å²) >= 11 is 0. The SMILES string of the molecule is O=C(CCc1ccco1)NNC(=O)Cc1ccc(F)cc1. The van der Waals surface area contributed by atoms with Gasteiger partial charge in [-0.2, -0.15) is 0 Å². The van der Waals surface area contributed by atoms with E-state index < -0.39 is 0 Å². The second kappa shape index (κ2) is 7.23. The first-order valence-corrected chi connectivity index (χ1v) is 6.48. The number of halogens is 1. The number of aryl methyl sites for hydroxylation is 1. The Kier molecular flexibility index (Phi) is 5.09. The van der Waals surface area contributed by atoms with E-state index in [0.29, 0.717) is 17.7 Å². The van der Waals surface area contributed by atoms with Gasteiger partial charge in [0.1, 0.15) is 11.6 Å². The van der Waals surface area contributed by atoms with Gasteiger partial charge in [-0.05, 0) is 29.8 Å². The van der Waals surface area contributed by atoms with Crippen molar-refractivity contribution in [1.82, 2.24) is 10.9 Å². The van der Waals surface area contributed by atoms with Gasteiger partial charge in [0, 0.05) is 12.8 Å². The number of hydrogen-bond donors (Lipinski definition) is 2.